The first-order chi connectivity index (χ1) is 11.5. The number of nitrogens with two attached hydrogens (primary N) is 1. The van der Waals surface area contributed by atoms with Gasteiger partial charge in [-0.25, -0.2) is 0 Å². The van der Waals surface area contributed by atoms with E-state index in [2.05, 4.69) is 68.5 Å². The molecule has 2 N–H and O–H groups in total. The average molecular weight is 313 g/mol. The van der Waals surface area contributed by atoms with Crippen LogP contribution in [0.25, 0.3) is 21.5 Å². The fraction of sp³-hybridized carbons (Fsp3) is 0.304. The number of benzene rings is 3. The highest BCUT2D eigenvalue weighted by atomic mass is 14.6. The summed E-state index contributed by atoms with van der Waals surface area (Å²) < 4.78 is 0. The molecule has 3 aromatic carbocycles. The maximum absolute atomic E-state index is 6.18. The highest BCUT2D eigenvalue weighted by molar-refractivity contribution is 5.99. The fourth-order valence-corrected chi connectivity index (χ4v) is 5.05. The summed E-state index contributed by atoms with van der Waals surface area (Å²) in [6.45, 7) is 4.77. The first-order valence-electron chi connectivity index (χ1n) is 8.97. The molecule has 2 aliphatic carbocycles. The summed E-state index contributed by atoms with van der Waals surface area (Å²) in [4.78, 5) is 0. The molecule has 0 spiro atoms. The monoisotopic (exact) mass is 313 g/mol. The minimum Gasteiger partial charge on any atom is -0.402 e. The zero-order chi connectivity index (χ0) is 16.5. The van der Waals surface area contributed by atoms with Gasteiger partial charge in [0.25, 0.3) is 0 Å². The zero-order valence-electron chi connectivity index (χ0n) is 14.3. The van der Waals surface area contributed by atoms with Crippen molar-refractivity contribution in [1.29, 1.82) is 0 Å². The Morgan fingerprint density at radius 3 is 2.29 bits per heavy atom. The molecular formula is C23H23N. The van der Waals surface area contributed by atoms with Crippen LogP contribution in [-0.4, -0.2) is 0 Å². The Kier molecular flexibility index (Phi) is 2.72. The van der Waals surface area contributed by atoms with E-state index in [9.17, 15) is 0 Å². The van der Waals surface area contributed by atoms with Gasteiger partial charge in [0.15, 0.2) is 0 Å². The van der Waals surface area contributed by atoms with E-state index < -0.39 is 0 Å². The molecule has 0 fully saturated rings. The predicted molar refractivity (Wildman–Crippen MR) is 102 cm³/mol. The van der Waals surface area contributed by atoms with E-state index in [0.29, 0.717) is 11.8 Å². The largest absolute Gasteiger partial charge is 0.402 e. The van der Waals surface area contributed by atoms with Crippen LogP contribution in [0.3, 0.4) is 0 Å². The van der Waals surface area contributed by atoms with Gasteiger partial charge < -0.3 is 5.73 Å². The zero-order valence-corrected chi connectivity index (χ0v) is 14.3. The summed E-state index contributed by atoms with van der Waals surface area (Å²) in [5.41, 5.74) is 10.5. The van der Waals surface area contributed by atoms with Gasteiger partial charge in [-0.1, -0.05) is 56.3 Å². The molecule has 3 aromatic rings. The molecule has 5 rings (SSSR count). The number of rotatable bonds is 0. The van der Waals surface area contributed by atoms with Crippen molar-refractivity contribution in [2.45, 2.75) is 38.0 Å². The van der Waals surface area contributed by atoms with Crippen LogP contribution in [0.15, 0.2) is 60.3 Å². The standard InChI is InChI=1S/C23H23N/c1-23(2)21-12-17-10-15-6-4-3-5-14(15)9-16(17)11-20(21)19-8-7-18(24)13-22(19)23/h3-6,9-13,19,22H,7-8,24H2,1-2H3. The molecule has 2 atom stereocenters. The summed E-state index contributed by atoms with van der Waals surface area (Å²) in [7, 11) is 0. The fourth-order valence-electron chi connectivity index (χ4n) is 5.05. The maximum atomic E-state index is 6.18. The summed E-state index contributed by atoms with van der Waals surface area (Å²) in [6.07, 6.45) is 4.56. The third-order valence-electron chi connectivity index (χ3n) is 6.37. The van der Waals surface area contributed by atoms with Gasteiger partial charge in [-0.05, 0) is 74.9 Å². The smallest absolute Gasteiger partial charge is 0.00435 e. The average Bonchev–Trinajstić information content (AvgIpc) is 2.78. The van der Waals surface area contributed by atoms with Crippen LogP contribution in [0.4, 0.5) is 0 Å². The molecule has 0 heterocycles. The van der Waals surface area contributed by atoms with E-state index in [0.717, 1.165) is 12.1 Å². The van der Waals surface area contributed by atoms with Gasteiger partial charge in [0, 0.05) is 5.70 Å². The van der Waals surface area contributed by atoms with Crippen molar-refractivity contribution in [1.82, 2.24) is 0 Å². The van der Waals surface area contributed by atoms with E-state index >= 15 is 0 Å². The summed E-state index contributed by atoms with van der Waals surface area (Å²) in [6, 6.07) is 18.2. The van der Waals surface area contributed by atoms with E-state index in [-0.39, 0.29) is 5.41 Å². The lowest BCUT2D eigenvalue weighted by Gasteiger charge is -2.32. The van der Waals surface area contributed by atoms with Crippen LogP contribution in [0.2, 0.25) is 0 Å². The van der Waals surface area contributed by atoms with Crippen LogP contribution < -0.4 is 5.73 Å². The van der Waals surface area contributed by atoms with Gasteiger partial charge >= 0.3 is 0 Å². The number of hydrogen-bond acceptors (Lipinski definition) is 1. The van der Waals surface area contributed by atoms with Crippen LogP contribution in [0.1, 0.15) is 43.7 Å². The lowest BCUT2D eigenvalue weighted by Crippen LogP contribution is -2.27. The van der Waals surface area contributed by atoms with Crippen LogP contribution >= 0.6 is 0 Å². The summed E-state index contributed by atoms with van der Waals surface area (Å²) >= 11 is 0. The minimum absolute atomic E-state index is 0.158. The van der Waals surface area contributed by atoms with Gasteiger partial charge in [-0.15, -0.1) is 0 Å². The molecule has 0 aromatic heterocycles. The van der Waals surface area contributed by atoms with Crippen LogP contribution in [-0.2, 0) is 5.41 Å². The molecular weight excluding hydrogens is 290 g/mol. The third kappa shape index (κ3) is 1.81. The normalized spacial score (nSPS) is 24.7. The van der Waals surface area contributed by atoms with Crippen molar-refractivity contribution in [3.63, 3.8) is 0 Å². The number of fused-ring (bicyclic) bond motifs is 5. The van der Waals surface area contributed by atoms with Crippen molar-refractivity contribution in [2.75, 3.05) is 0 Å². The van der Waals surface area contributed by atoms with Crippen molar-refractivity contribution in [3.05, 3.63) is 71.4 Å². The van der Waals surface area contributed by atoms with Crippen molar-refractivity contribution >= 4 is 21.5 Å². The Labute approximate surface area is 143 Å². The molecule has 1 heteroatoms. The summed E-state index contributed by atoms with van der Waals surface area (Å²) in [5.74, 6) is 1.16. The molecule has 0 aliphatic heterocycles. The third-order valence-corrected chi connectivity index (χ3v) is 6.37. The first kappa shape index (κ1) is 14.1. The van der Waals surface area contributed by atoms with Gasteiger partial charge in [0.1, 0.15) is 0 Å². The Morgan fingerprint density at radius 1 is 0.917 bits per heavy atom. The molecule has 0 saturated heterocycles. The molecule has 0 saturated carbocycles. The Morgan fingerprint density at radius 2 is 1.58 bits per heavy atom. The second kappa shape index (κ2) is 4.63. The van der Waals surface area contributed by atoms with E-state index in [1.807, 2.05) is 0 Å². The van der Waals surface area contributed by atoms with Gasteiger partial charge in [-0.2, -0.15) is 0 Å². The Balaban J connectivity index is 1.79. The minimum atomic E-state index is 0.158. The Hall–Kier alpha value is -2.28. The van der Waals surface area contributed by atoms with E-state index in [1.54, 1.807) is 5.56 Å². The second-order valence-corrected chi connectivity index (χ2v) is 8.12. The molecule has 24 heavy (non-hydrogen) atoms. The van der Waals surface area contributed by atoms with E-state index in [4.69, 9.17) is 5.73 Å². The van der Waals surface area contributed by atoms with Crippen molar-refractivity contribution < 1.29 is 0 Å². The molecule has 2 unspecified atom stereocenters. The number of hydrogen-bond donors (Lipinski definition) is 1. The molecule has 0 radical (unpaired) electrons. The van der Waals surface area contributed by atoms with Gasteiger partial charge in [0.05, 0.1) is 0 Å². The van der Waals surface area contributed by atoms with Gasteiger partial charge in [-0.3, -0.25) is 0 Å². The van der Waals surface area contributed by atoms with Crippen molar-refractivity contribution in [2.24, 2.45) is 11.7 Å². The van der Waals surface area contributed by atoms with E-state index in [1.165, 1.54) is 33.5 Å². The highest BCUT2D eigenvalue weighted by Gasteiger charge is 2.46. The first-order valence-corrected chi connectivity index (χ1v) is 8.97. The van der Waals surface area contributed by atoms with Crippen molar-refractivity contribution in [3.8, 4) is 0 Å². The molecule has 2 aliphatic rings. The quantitative estimate of drug-likeness (QED) is 0.535. The molecule has 1 nitrogen and oxygen atoms in total. The van der Waals surface area contributed by atoms with Gasteiger partial charge in [0.2, 0.25) is 0 Å². The maximum Gasteiger partial charge on any atom is 0.00435 e. The lowest BCUT2D eigenvalue weighted by molar-refractivity contribution is 0.342. The lowest BCUT2D eigenvalue weighted by atomic mass is 9.72. The Bertz CT molecular complexity index is 1010. The molecule has 120 valence electrons. The number of allylic oxidation sites excluding steroid dienone is 2. The second-order valence-electron chi connectivity index (χ2n) is 8.12. The predicted octanol–water partition coefficient (Wildman–Crippen LogP) is 5.62. The van der Waals surface area contributed by atoms with Crippen LogP contribution in [0.5, 0.6) is 0 Å². The highest BCUT2D eigenvalue weighted by Crippen LogP contribution is 2.55. The molecule has 0 bridgehead atoms. The topological polar surface area (TPSA) is 26.0 Å². The SMILES string of the molecule is CC1(C)c2cc3cc4ccccc4cc3cc2C2CCC(N)=CC21. The van der Waals surface area contributed by atoms with Crippen LogP contribution in [0, 0.1) is 5.92 Å². The summed E-state index contributed by atoms with van der Waals surface area (Å²) in [5, 5.41) is 5.37. The molecule has 0 amide bonds.